The second-order valence-electron chi connectivity index (χ2n) is 4.27. The Morgan fingerprint density at radius 2 is 2.00 bits per heavy atom. The molecule has 0 bridgehead atoms. The molecule has 1 aliphatic rings. The second kappa shape index (κ2) is 3.39. The van der Waals surface area contributed by atoms with Crippen LogP contribution in [0.25, 0.3) is 0 Å². The van der Waals surface area contributed by atoms with Gasteiger partial charge in [-0.1, -0.05) is 45.2 Å². The number of halogens is 1. The van der Waals surface area contributed by atoms with E-state index in [2.05, 4.69) is 45.2 Å². The lowest BCUT2D eigenvalue weighted by Crippen LogP contribution is -2.21. The molecule has 0 aromatic carbocycles. The van der Waals surface area contributed by atoms with E-state index >= 15 is 0 Å². The maximum absolute atomic E-state index is 6.35. The zero-order valence-electron chi connectivity index (χ0n) is 8.26. The Labute approximate surface area is 81.0 Å². The lowest BCUT2D eigenvalue weighted by Gasteiger charge is -2.17. The van der Waals surface area contributed by atoms with Gasteiger partial charge in [0.15, 0.2) is 7.38 Å². The van der Waals surface area contributed by atoms with Gasteiger partial charge in [0.2, 0.25) is 0 Å². The molecule has 0 aromatic rings. The molecule has 1 unspecified atom stereocenters. The molecule has 0 N–H and O–H groups in total. The van der Waals surface area contributed by atoms with Crippen LogP contribution in [0.5, 0.6) is 0 Å². The van der Waals surface area contributed by atoms with Crippen molar-refractivity contribution in [2.45, 2.75) is 32.5 Å². The average Bonchev–Trinajstić information content (AvgIpc) is 2.30. The quantitative estimate of drug-likeness (QED) is 0.468. The third kappa shape index (κ3) is 2.24. The molecule has 12 heavy (non-hydrogen) atoms. The summed E-state index contributed by atoms with van der Waals surface area (Å²) >= 11 is 6.35. The van der Waals surface area contributed by atoms with E-state index < -0.39 is 7.38 Å². The van der Waals surface area contributed by atoms with Crippen molar-refractivity contribution in [2.24, 2.45) is 5.92 Å². The lowest BCUT2D eigenvalue weighted by atomic mass is 10.1. The summed E-state index contributed by atoms with van der Waals surface area (Å²) in [5.74, 6) is 0.638. The minimum absolute atomic E-state index is 0.538. The van der Waals surface area contributed by atoms with Crippen LogP contribution in [0.1, 0.15) is 13.8 Å². The van der Waals surface area contributed by atoms with Crippen LogP contribution in [-0.2, 0) is 0 Å². The maximum Gasteiger partial charge on any atom is 0.160 e. The van der Waals surface area contributed by atoms with E-state index in [1.807, 2.05) is 0 Å². The third-order valence-electron chi connectivity index (χ3n) is 2.33. The summed E-state index contributed by atoms with van der Waals surface area (Å²) in [7, 11) is -1.50. The topological polar surface area (TPSA) is 0 Å². The van der Waals surface area contributed by atoms with E-state index in [-0.39, 0.29) is 0 Å². The Bertz CT molecular complexity index is 220. The Morgan fingerprint density at radius 3 is 2.25 bits per heavy atom. The molecule has 1 atom stereocenters. The molecule has 2 heteroatoms. The van der Waals surface area contributed by atoms with Crippen LogP contribution in [0.3, 0.4) is 0 Å². The minimum atomic E-state index is -1.50. The summed E-state index contributed by atoms with van der Waals surface area (Å²) in [6.07, 6.45) is 6.82. The first-order chi connectivity index (χ1) is 5.41. The van der Waals surface area contributed by atoms with Crippen LogP contribution in [0.2, 0.25) is 18.6 Å². The van der Waals surface area contributed by atoms with Crippen LogP contribution >= 0.6 is 11.1 Å². The van der Waals surface area contributed by atoms with E-state index in [9.17, 15) is 0 Å². The van der Waals surface area contributed by atoms with E-state index in [0.29, 0.717) is 11.5 Å². The number of hydrogen-bond donors (Lipinski definition) is 0. The predicted molar refractivity (Wildman–Crippen MR) is 59.1 cm³/mol. The molecule has 0 amide bonds. The maximum atomic E-state index is 6.35. The Morgan fingerprint density at radius 1 is 1.42 bits per heavy atom. The van der Waals surface area contributed by atoms with Gasteiger partial charge in [0.1, 0.15) is 0 Å². The predicted octanol–water partition coefficient (Wildman–Crippen LogP) is 3.95. The van der Waals surface area contributed by atoms with Crippen LogP contribution in [0.4, 0.5) is 0 Å². The highest BCUT2D eigenvalue weighted by atomic mass is 35.6. The standard InChI is InChI=1S/C10H17ClSi/c1-8(2)9-5-6-10(7-9)12(3,4)11/h5-8,10H,1-4H3. The van der Waals surface area contributed by atoms with Crippen LogP contribution < -0.4 is 0 Å². The fourth-order valence-corrected chi connectivity index (χ4v) is 2.89. The molecule has 68 valence electrons. The molecule has 0 aliphatic heterocycles. The van der Waals surface area contributed by atoms with Crippen LogP contribution in [0, 0.1) is 5.92 Å². The molecule has 0 aromatic heterocycles. The second-order valence-corrected chi connectivity index (χ2v) is 11.0. The molecule has 0 heterocycles. The van der Waals surface area contributed by atoms with Crippen molar-refractivity contribution < 1.29 is 0 Å². The molecule has 0 nitrogen and oxygen atoms in total. The molecule has 1 rings (SSSR count). The normalized spacial score (nSPS) is 23.5. The van der Waals surface area contributed by atoms with Gasteiger partial charge in [-0.05, 0) is 11.5 Å². The van der Waals surface area contributed by atoms with Crippen molar-refractivity contribution in [3.63, 3.8) is 0 Å². The Hall–Kier alpha value is -0.0131. The first kappa shape index (κ1) is 10.1. The van der Waals surface area contributed by atoms with Gasteiger partial charge in [0.05, 0.1) is 0 Å². The van der Waals surface area contributed by atoms with Crippen molar-refractivity contribution >= 4 is 18.5 Å². The number of rotatable bonds is 2. The average molecular weight is 201 g/mol. The van der Waals surface area contributed by atoms with E-state index in [0.717, 1.165) is 0 Å². The fourth-order valence-electron chi connectivity index (χ4n) is 1.35. The summed E-state index contributed by atoms with van der Waals surface area (Å²) in [6.45, 7) is 8.84. The molecule has 0 saturated carbocycles. The summed E-state index contributed by atoms with van der Waals surface area (Å²) < 4.78 is 0. The smallest absolute Gasteiger partial charge is 0.160 e. The van der Waals surface area contributed by atoms with Gasteiger partial charge in [0.25, 0.3) is 0 Å². The first-order valence-electron chi connectivity index (χ1n) is 4.50. The highest BCUT2D eigenvalue weighted by molar-refractivity contribution is 7.20. The summed E-state index contributed by atoms with van der Waals surface area (Å²) in [5.41, 5.74) is 1.98. The Balaban J connectivity index is 2.74. The van der Waals surface area contributed by atoms with Gasteiger partial charge in [-0.15, -0.1) is 0 Å². The molecular formula is C10H17ClSi. The summed E-state index contributed by atoms with van der Waals surface area (Å²) in [5, 5.41) is 0. The third-order valence-corrected chi connectivity index (χ3v) is 5.03. The molecule has 0 radical (unpaired) electrons. The number of allylic oxidation sites excluding steroid dienone is 4. The van der Waals surface area contributed by atoms with Crippen molar-refractivity contribution in [3.05, 3.63) is 23.8 Å². The lowest BCUT2D eigenvalue weighted by molar-refractivity contribution is 0.793. The fraction of sp³-hybridized carbons (Fsp3) is 0.600. The molecule has 0 spiro atoms. The largest absolute Gasteiger partial charge is 0.167 e. The molecular weight excluding hydrogens is 184 g/mol. The molecule has 0 saturated heterocycles. The summed E-state index contributed by atoms with van der Waals surface area (Å²) in [6, 6.07) is 0. The van der Waals surface area contributed by atoms with Gasteiger partial charge in [-0.3, -0.25) is 0 Å². The van der Waals surface area contributed by atoms with E-state index in [4.69, 9.17) is 11.1 Å². The van der Waals surface area contributed by atoms with Gasteiger partial charge >= 0.3 is 0 Å². The summed E-state index contributed by atoms with van der Waals surface area (Å²) in [4.78, 5) is 0. The minimum Gasteiger partial charge on any atom is -0.167 e. The highest BCUT2D eigenvalue weighted by Gasteiger charge is 2.28. The zero-order valence-corrected chi connectivity index (χ0v) is 10.0. The van der Waals surface area contributed by atoms with Gasteiger partial charge in [-0.25, -0.2) is 0 Å². The number of hydrogen-bond acceptors (Lipinski definition) is 0. The van der Waals surface area contributed by atoms with Gasteiger partial charge in [0, 0.05) is 5.54 Å². The SMILES string of the molecule is CC(C)C1=CC([Si](C)(C)Cl)C=C1. The Kier molecular flexibility index (Phi) is 2.84. The molecule has 1 aliphatic carbocycles. The zero-order chi connectivity index (χ0) is 9.35. The molecule has 0 fully saturated rings. The van der Waals surface area contributed by atoms with Gasteiger partial charge < -0.3 is 0 Å². The van der Waals surface area contributed by atoms with E-state index in [1.165, 1.54) is 5.57 Å². The van der Waals surface area contributed by atoms with Crippen molar-refractivity contribution in [1.82, 2.24) is 0 Å². The van der Waals surface area contributed by atoms with Gasteiger partial charge in [-0.2, -0.15) is 11.1 Å². The first-order valence-corrected chi connectivity index (χ1v) is 8.59. The van der Waals surface area contributed by atoms with E-state index in [1.54, 1.807) is 0 Å². The van der Waals surface area contributed by atoms with Crippen LogP contribution in [-0.4, -0.2) is 7.38 Å². The highest BCUT2D eigenvalue weighted by Crippen LogP contribution is 2.35. The van der Waals surface area contributed by atoms with Crippen molar-refractivity contribution in [1.29, 1.82) is 0 Å². The van der Waals surface area contributed by atoms with Crippen LogP contribution in [0.15, 0.2) is 23.8 Å². The van der Waals surface area contributed by atoms with Crippen molar-refractivity contribution in [3.8, 4) is 0 Å². The van der Waals surface area contributed by atoms with Crippen molar-refractivity contribution in [2.75, 3.05) is 0 Å². The monoisotopic (exact) mass is 200 g/mol.